The molecule has 0 radical (unpaired) electrons. The number of hydrogen-bond acceptors (Lipinski definition) is 3. The summed E-state index contributed by atoms with van der Waals surface area (Å²) >= 11 is 0. The van der Waals surface area contributed by atoms with Crippen LogP contribution in [0.1, 0.15) is 19.3 Å². The van der Waals surface area contributed by atoms with Crippen LogP contribution in [-0.4, -0.2) is 46.7 Å². The Labute approximate surface area is 82.3 Å². The van der Waals surface area contributed by atoms with Gasteiger partial charge in [0.25, 0.3) is 0 Å². The lowest BCUT2D eigenvalue weighted by atomic mass is 10.0. The lowest BCUT2D eigenvalue weighted by Gasteiger charge is -2.38. The van der Waals surface area contributed by atoms with Crippen LogP contribution in [0.3, 0.4) is 0 Å². The van der Waals surface area contributed by atoms with E-state index in [1.54, 1.807) is 4.90 Å². The zero-order valence-electron chi connectivity index (χ0n) is 7.98. The highest BCUT2D eigenvalue weighted by Crippen LogP contribution is 2.16. The van der Waals surface area contributed by atoms with E-state index in [1.807, 2.05) is 0 Å². The fourth-order valence-electron chi connectivity index (χ4n) is 1.44. The molecule has 0 aromatic rings. The van der Waals surface area contributed by atoms with Crippen LogP contribution in [0.5, 0.6) is 0 Å². The Balaban J connectivity index is 2.09. The molecule has 1 amide bonds. The van der Waals surface area contributed by atoms with Crippen molar-refractivity contribution in [3.05, 3.63) is 0 Å². The molecule has 1 fully saturated rings. The summed E-state index contributed by atoms with van der Waals surface area (Å²) in [6, 6.07) is 0. The normalized spacial score (nSPS) is 16.5. The van der Waals surface area contributed by atoms with Crippen molar-refractivity contribution in [3.8, 4) is 0 Å². The minimum atomic E-state index is -0.866. The van der Waals surface area contributed by atoms with Crippen molar-refractivity contribution in [2.45, 2.75) is 19.3 Å². The molecule has 0 saturated carbocycles. The number of likely N-dealkylation sites (tertiary alicyclic amines) is 1. The molecule has 0 unspecified atom stereocenters. The van der Waals surface area contributed by atoms with Crippen LogP contribution >= 0.6 is 0 Å². The number of carboxylic acid groups (broad SMARTS) is 1. The van der Waals surface area contributed by atoms with Crippen LogP contribution in [0, 0.1) is 5.92 Å². The average molecular weight is 201 g/mol. The van der Waals surface area contributed by atoms with Crippen molar-refractivity contribution in [2.24, 2.45) is 5.92 Å². The van der Waals surface area contributed by atoms with Crippen molar-refractivity contribution in [3.63, 3.8) is 0 Å². The number of amides is 1. The van der Waals surface area contributed by atoms with E-state index < -0.39 is 5.97 Å². The van der Waals surface area contributed by atoms with Gasteiger partial charge in [0, 0.05) is 38.5 Å². The van der Waals surface area contributed by atoms with E-state index >= 15 is 0 Å². The monoisotopic (exact) mass is 201 g/mol. The summed E-state index contributed by atoms with van der Waals surface area (Å²) in [5, 5.41) is 17.1. The van der Waals surface area contributed by atoms with Gasteiger partial charge in [0.05, 0.1) is 0 Å². The van der Waals surface area contributed by atoms with Gasteiger partial charge in [-0.3, -0.25) is 9.59 Å². The number of carbonyl (C=O) groups excluding carboxylic acids is 1. The third-order valence-corrected chi connectivity index (χ3v) is 2.35. The van der Waals surface area contributed by atoms with Crippen molar-refractivity contribution >= 4 is 11.9 Å². The van der Waals surface area contributed by atoms with E-state index in [0.717, 1.165) is 0 Å². The zero-order valence-corrected chi connectivity index (χ0v) is 7.98. The third-order valence-electron chi connectivity index (χ3n) is 2.35. The molecule has 1 aliphatic rings. The lowest BCUT2D eigenvalue weighted by molar-refractivity contribution is -0.139. The number of hydrogen-bond donors (Lipinski definition) is 2. The van der Waals surface area contributed by atoms with E-state index in [9.17, 15) is 9.59 Å². The van der Waals surface area contributed by atoms with E-state index in [0.29, 0.717) is 25.9 Å². The molecule has 5 nitrogen and oxygen atoms in total. The number of carbonyl (C=O) groups is 2. The van der Waals surface area contributed by atoms with Crippen molar-refractivity contribution in [1.29, 1.82) is 0 Å². The fourth-order valence-corrected chi connectivity index (χ4v) is 1.44. The summed E-state index contributed by atoms with van der Waals surface area (Å²) in [6.07, 6.45) is 0.738. The molecule has 2 N–H and O–H groups in total. The first-order valence-corrected chi connectivity index (χ1v) is 4.74. The Bertz CT molecular complexity index is 223. The predicted molar refractivity (Wildman–Crippen MR) is 48.6 cm³/mol. The van der Waals surface area contributed by atoms with E-state index in [2.05, 4.69) is 0 Å². The first-order chi connectivity index (χ1) is 6.63. The predicted octanol–water partition coefficient (Wildman–Crippen LogP) is -0.308. The lowest BCUT2D eigenvalue weighted by Crippen LogP contribution is -2.51. The van der Waals surface area contributed by atoms with Crippen molar-refractivity contribution < 1.29 is 19.8 Å². The SMILES string of the molecule is O=C(O)CCCC(=O)N1CC(CO)C1. The summed E-state index contributed by atoms with van der Waals surface area (Å²) in [4.78, 5) is 23.1. The second-order valence-corrected chi connectivity index (χ2v) is 3.59. The van der Waals surface area contributed by atoms with Crippen LogP contribution in [0.25, 0.3) is 0 Å². The molecule has 0 aromatic carbocycles. The number of nitrogens with zero attached hydrogens (tertiary/aromatic N) is 1. The maximum Gasteiger partial charge on any atom is 0.303 e. The van der Waals surface area contributed by atoms with E-state index in [1.165, 1.54) is 0 Å². The second-order valence-electron chi connectivity index (χ2n) is 3.59. The van der Waals surface area contributed by atoms with E-state index in [-0.39, 0.29) is 24.9 Å². The number of aliphatic hydroxyl groups excluding tert-OH is 1. The second kappa shape index (κ2) is 4.95. The van der Waals surface area contributed by atoms with Crippen LogP contribution < -0.4 is 0 Å². The Morgan fingerprint density at radius 2 is 1.93 bits per heavy atom. The summed E-state index contributed by atoms with van der Waals surface area (Å²) in [6.45, 7) is 1.35. The molecule has 1 rings (SSSR count). The van der Waals surface area contributed by atoms with Gasteiger partial charge < -0.3 is 15.1 Å². The third kappa shape index (κ3) is 2.99. The molecule has 0 spiro atoms. The number of carboxylic acids is 1. The van der Waals surface area contributed by atoms with Crippen LogP contribution in [0.4, 0.5) is 0 Å². The van der Waals surface area contributed by atoms with Gasteiger partial charge in [-0.15, -0.1) is 0 Å². The molecular weight excluding hydrogens is 186 g/mol. The summed E-state index contributed by atoms with van der Waals surface area (Å²) < 4.78 is 0. The molecule has 14 heavy (non-hydrogen) atoms. The molecule has 0 aromatic heterocycles. The topological polar surface area (TPSA) is 77.8 Å². The van der Waals surface area contributed by atoms with Crippen molar-refractivity contribution in [1.82, 2.24) is 4.90 Å². The fraction of sp³-hybridized carbons (Fsp3) is 0.778. The molecule has 0 aliphatic carbocycles. The minimum absolute atomic E-state index is 0.00375. The Morgan fingerprint density at radius 3 is 2.43 bits per heavy atom. The van der Waals surface area contributed by atoms with Gasteiger partial charge in [-0.05, 0) is 6.42 Å². The maximum atomic E-state index is 11.3. The van der Waals surface area contributed by atoms with Gasteiger partial charge in [-0.25, -0.2) is 0 Å². The number of aliphatic carboxylic acids is 1. The highest BCUT2D eigenvalue weighted by Gasteiger charge is 2.29. The van der Waals surface area contributed by atoms with E-state index in [4.69, 9.17) is 10.2 Å². The number of aliphatic hydroxyl groups is 1. The van der Waals surface area contributed by atoms with Crippen LogP contribution in [0.2, 0.25) is 0 Å². The quantitative estimate of drug-likeness (QED) is 0.639. The van der Waals surface area contributed by atoms with Gasteiger partial charge in [-0.2, -0.15) is 0 Å². The Morgan fingerprint density at radius 1 is 1.29 bits per heavy atom. The summed E-state index contributed by atoms with van der Waals surface area (Å²) in [5.41, 5.74) is 0. The molecule has 1 saturated heterocycles. The Hall–Kier alpha value is -1.10. The molecule has 5 heteroatoms. The summed E-state index contributed by atoms with van der Waals surface area (Å²) in [7, 11) is 0. The van der Waals surface area contributed by atoms with Crippen molar-refractivity contribution in [2.75, 3.05) is 19.7 Å². The van der Waals surface area contributed by atoms with Gasteiger partial charge in [0.2, 0.25) is 5.91 Å². The van der Waals surface area contributed by atoms with Gasteiger partial charge in [-0.1, -0.05) is 0 Å². The van der Waals surface area contributed by atoms with Gasteiger partial charge in [0.1, 0.15) is 0 Å². The molecule has 0 atom stereocenters. The summed E-state index contributed by atoms with van der Waals surface area (Å²) in [5.74, 6) is -0.649. The number of rotatable bonds is 5. The largest absolute Gasteiger partial charge is 0.481 e. The van der Waals surface area contributed by atoms with Crippen LogP contribution in [0.15, 0.2) is 0 Å². The highest BCUT2D eigenvalue weighted by atomic mass is 16.4. The first kappa shape index (κ1) is 11.0. The first-order valence-electron chi connectivity index (χ1n) is 4.74. The molecule has 1 heterocycles. The maximum absolute atomic E-state index is 11.3. The standard InChI is InChI=1S/C9H15NO4/c11-6-7-4-10(5-7)8(12)2-1-3-9(13)14/h7,11H,1-6H2,(H,13,14). The molecule has 80 valence electrons. The minimum Gasteiger partial charge on any atom is -0.481 e. The zero-order chi connectivity index (χ0) is 10.6. The van der Waals surface area contributed by atoms with Gasteiger partial charge in [0.15, 0.2) is 0 Å². The Kier molecular flexibility index (Phi) is 3.88. The smallest absolute Gasteiger partial charge is 0.303 e. The molecule has 1 aliphatic heterocycles. The van der Waals surface area contributed by atoms with Gasteiger partial charge >= 0.3 is 5.97 Å². The molecular formula is C9H15NO4. The molecule has 0 bridgehead atoms. The highest BCUT2D eigenvalue weighted by molar-refractivity contribution is 5.77. The average Bonchev–Trinajstić information content (AvgIpc) is 2.01. The van der Waals surface area contributed by atoms with Crippen LogP contribution in [-0.2, 0) is 9.59 Å².